The normalized spacial score (nSPS) is 12.3. The summed E-state index contributed by atoms with van der Waals surface area (Å²) in [7, 11) is 5.63. The number of methoxy groups -OCH3 is 1. The molecule has 25 heavy (non-hydrogen) atoms. The van der Waals surface area contributed by atoms with Crippen LogP contribution in [0.4, 0.5) is 0 Å². The molecule has 3 rings (SSSR count). The van der Waals surface area contributed by atoms with Gasteiger partial charge in [0.2, 0.25) is 0 Å². The Kier molecular flexibility index (Phi) is 5.00. The lowest BCUT2D eigenvalue weighted by Gasteiger charge is -2.26. The molecule has 1 amide bonds. The van der Waals surface area contributed by atoms with Crippen molar-refractivity contribution in [3.8, 4) is 5.75 Å². The molecule has 1 heterocycles. The summed E-state index contributed by atoms with van der Waals surface area (Å²) >= 11 is 0. The number of fused-ring (bicyclic) bond motifs is 1. The molecule has 1 unspecified atom stereocenters. The smallest absolute Gasteiger partial charge is 0.251 e. The van der Waals surface area contributed by atoms with Gasteiger partial charge in [0.05, 0.1) is 24.9 Å². The quantitative estimate of drug-likeness (QED) is 0.725. The highest BCUT2D eigenvalue weighted by atomic mass is 16.5. The monoisotopic (exact) mass is 338 g/mol. The Labute approximate surface area is 146 Å². The molecule has 0 radical (unpaired) electrons. The molecule has 1 atom stereocenters. The van der Waals surface area contributed by atoms with E-state index in [0.717, 1.165) is 22.2 Å². The van der Waals surface area contributed by atoms with Crippen molar-refractivity contribution in [3.63, 3.8) is 0 Å². The van der Waals surface area contributed by atoms with Crippen LogP contribution >= 0.6 is 0 Å². The number of rotatable bonds is 6. The van der Waals surface area contributed by atoms with Crippen LogP contribution in [0.5, 0.6) is 5.75 Å². The minimum atomic E-state index is -0.107. The van der Waals surface area contributed by atoms with Crippen molar-refractivity contribution in [2.24, 2.45) is 0 Å². The van der Waals surface area contributed by atoms with E-state index >= 15 is 0 Å². The highest BCUT2D eigenvalue weighted by molar-refractivity contribution is 5.97. The van der Waals surface area contributed by atoms with Crippen molar-refractivity contribution in [2.75, 3.05) is 27.7 Å². The third-order valence-electron chi connectivity index (χ3n) is 4.28. The number of hydrogen-bond donors (Lipinski definition) is 2. The van der Waals surface area contributed by atoms with Crippen LogP contribution in [-0.4, -0.2) is 48.8 Å². The van der Waals surface area contributed by atoms with Gasteiger partial charge in [0, 0.05) is 23.1 Å². The fraction of sp³-hybridized carbons (Fsp3) is 0.263. The van der Waals surface area contributed by atoms with E-state index in [1.807, 2.05) is 50.5 Å². The molecule has 0 aliphatic heterocycles. The third kappa shape index (κ3) is 3.64. The Morgan fingerprint density at radius 3 is 2.84 bits per heavy atom. The number of carbonyl (C=O) groups excluding carboxylic acids is 1. The topological polar surface area (TPSA) is 70.2 Å². The first-order chi connectivity index (χ1) is 12.1. The molecule has 0 bridgehead atoms. The van der Waals surface area contributed by atoms with Crippen LogP contribution in [-0.2, 0) is 0 Å². The standard InChI is InChI=1S/C19H22N4O2/c1-23(2)17(15-6-4-5-7-18(15)25-3)12-20-19(24)13-8-9-16-14(10-13)11-21-22-16/h4-11,17H,12H2,1-3H3,(H,20,24)(H,21,22). The van der Waals surface area contributed by atoms with Gasteiger partial charge in [-0.25, -0.2) is 0 Å². The highest BCUT2D eigenvalue weighted by Crippen LogP contribution is 2.27. The maximum absolute atomic E-state index is 12.5. The molecular weight excluding hydrogens is 316 g/mol. The van der Waals surface area contributed by atoms with Gasteiger partial charge in [-0.2, -0.15) is 5.10 Å². The van der Waals surface area contributed by atoms with E-state index in [2.05, 4.69) is 20.4 Å². The van der Waals surface area contributed by atoms with Gasteiger partial charge in [-0.1, -0.05) is 18.2 Å². The molecule has 2 aromatic carbocycles. The van der Waals surface area contributed by atoms with Crippen molar-refractivity contribution in [2.45, 2.75) is 6.04 Å². The van der Waals surface area contributed by atoms with Gasteiger partial charge < -0.3 is 15.0 Å². The summed E-state index contributed by atoms with van der Waals surface area (Å²) in [5.74, 6) is 0.708. The largest absolute Gasteiger partial charge is 0.496 e. The van der Waals surface area contributed by atoms with Crippen molar-refractivity contribution < 1.29 is 9.53 Å². The molecule has 0 saturated heterocycles. The predicted octanol–water partition coefficient (Wildman–Crippen LogP) is 2.60. The minimum Gasteiger partial charge on any atom is -0.496 e. The lowest BCUT2D eigenvalue weighted by Crippen LogP contribution is -2.34. The van der Waals surface area contributed by atoms with Crippen molar-refractivity contribution in [3.05, 3.63) is 59.8 Å². The molecular formula is C19H22N4O2. The van der Waals surface area contributed by atoms with E-state index in [4.69, 9.17) is 4.74 Å². The Balaban J connectivity index is 1.75. The second-order valence-corrected chi connectivity index (χ2v) is 6.10. The molecule has 6 nitrogen and oxygen atoms in total. The number of ether oxygens (including phenoxy) is 1. The Hall–Kier alpha value is -2.86. The Morgan fingerprint density at radius 2 is 2.08 bits per heavy atom. The Morgan fingerprint density at radius 1 is 1.28 bits per heavy atom. The fourth-order valence-corrected chi connectivity index (χ4v) is 2.89. The van der Waals surface area contributed by atoms with E-state index < -0.39 is 0 Å². The second kappa shape index (κ2) is 7.36. The first-order valence-electron chi connectivity index (χ1n) is 8.11. The van der Waals surface area contributed by atoms with Gasteiger partial charge in [-0.3, -0.25) is 9.89 Å². The molecule has 0 aliphatic rings. The number of nitrogens with one attached hydrogen (secondary N) is 2. The van der Waals surface area contributed by atoms with Gasteiger partial charge in [-0.15, -0.1) is 0 Å². The molecule has 0 saturated carbocycles. The summed E-state index contributed by atoms with van der Waals surface area (Å²) in [6.07, 6.45) is 1.71. The van der Waals surface area contributed by atoms with E-state index in [9.17, 15) is 4.79 Å². The third-order valence-corrected chi connectivity index (χ3v) is 4.28. The number of aromatic amines is 1. The van der Waals surface area contributed by atoms with Crippen LogP contribution < -0.4 is 10.1 Å². The first-order valence-corrected chi connectivity index (χ1v) is 8.11. The average Bonchev–Trinajstić information content (AvgIpc) is 3.09. The van der Waals surface area contributed by atoms with Crippen LogP contribution in [0.15, 0.2) is 48.7 Å². The molecule has 130 valence electrons. The van der Waals surface area contributed by atoms with E-state index in [-0.39, 0.29) is 11.9 Å². The number of likely N-dealkylation sites (N-methyl/N-ethyl adjacent to an activating group) is 1. The molecule has 6 heteroatoms. The lowest BCUT2D eigenvalue weighted by atomic mass is 10.0. The van der Waals surface area contributed by atoms with Gasteiger partial charge in [0.1, 0.15) is 5.75 Å². The number of aromatic nitrogens is 2. The van der Waals surface area contributed by atoms with Crippen molar-refractivity contribution >= 4 is 16.8 Å². The Bertz CT molecular complexity index is 872. The molecule has 0 spiro atoms. The van der Waals surface area contributed by atoms with Crippen LogP contribution in [0.3, 0.4) is 0 Å². The van der Waals surface area contributed by atoms with Gasteiger partial charge in [-0.05, 0) is 38.4 Å². The van der Waals surface area contributed by atoms with E-state index in [0.29, 0.717) is 12.1 Å². The van der Waals surface area contributed by atoms with E-state index in [1.165, 1.54) is 0 Å². The minimum absolute atomic E-state index is 0.0118. The average molecular weight is 338 g/mol. The van der Waals surface area contributed by atoms with E-state index in [1.54, 1.807) is 19.4 Å². The van der Waals surface area contributed by atoms with Gasteiger partial charge >= 0.3 is 0 Å². The zero-order valence-corrected chi connectivity index (χ0v) is 14.6. The van der Waals surface area contributed by atoms with Crippen molar-refractivity contribution in [1.29, 1.82) is 0 Å². The summed E-state index contributed by atoms with van der Waals surface area (Å²) in [5, 5.41) is 10.8. The number of nitrogens with zero attached hydrogens (tertiary/aromatic N) is 2. The van der Waals surface area contributed by atoms with Crippen LogP contribution in [0.25, 0.3) is 10.9 Å². The fourth-order valence-electron chi connectivity index (χ4n) is 2.89. The molecule has 0 aliphatic carbocycles. The number of carbonyl (C=O) groups is 1. The summed E-state index contributed by atoms with van der Waals surface area (Å²) in [5.41, 5.74) is 2.57. The zero-order valence-electron chi connectivity index (χ0n) is 14.6. The number of amides is 1. The maximum Gasteiger partial charge on any atom is 0.251 e. The van der Waals surface area contributed by atoms with Gasteiger partial charge in [0.25, 0.3) is 5.91 Å². The summed E-state index contributed by atoms with van der Waals surface area (Å²) in [6, 6.07) is 13.4. The first kappa shape index (κ1) is 17.0. The molecule has 0 fully saturated rings. The van der Waals surface area contributed by atoms with Crippen molar-refractivity contribution in [1.82, 2.24) is 20.4 Å². The van der Waals surface area contributed by atoms with Crippen LogP contribution in [0.1, 0.15) is 22.0 Å². The summed E-state index contributed by atoms with van der Waals surface area (Å²) in [4.78, 5) is 14.6. The predicted molar refractivity (Wildman–Crippen MR) is 97.8 cm³/mol. The van der Waals surface area contributed by atoms with Crippen LogP contribution in [0, 0.1) is 0 Å². The summed E-state index contributed by atoms with van der Waals surface area (Å²) in [6.45, 7) is 0.482. The lowest BCUT2D eigenvalue weighted by molar-refractivity contribution is 0.0941. The number of hydrogen-bond acceptors (Lipinski definition) is 4. The number of para-hydroxylation sites is 1. The second-order valence-electron chi connectivity index (χ2n) is 6.10. The van der Waals surface area contributed by atoms with Crippen LogP contribution in [0.2, 0.25) is 0 Å². The summed E-state index contributed by atoms with van der Waals surface area (Å²) < 4.78 is 5.46. The maximum atomic E-state index is 12.5. The molecule has 1 aromatic heterocycles. The van der Waals surface area contributed by atoms with Gasteiger partial charge in [0.15, 0.2) is 0 Å². The number of H-pyrrole nitrogens is 1. The molecule has 3 aromatic rings. The SMILES string of the molecule is COc1ccccc1C(CNC(=O)c1ccc2[nH]ncc2c1)N(C)C. The molecule has 2 N–H and O–H groups in total. The number of benzene rings is 2. The highest BCUT2D eigenvalue weighted by Gasteiger charge is 2.19. The zero-order chi connectivity index (χ0) is 17.8.